The lowest BCUT2D eigenvalue weighted by atomic mass is 9.80. The zero-order chi connectivity index (χ0) is 18.7. The van der Waals surface area contributed by atoms with Crippen molar-refractivity contribution in [1.82, 2.24) is 16.2 Å². The van der Waals surface area contributed by atoms with Crippen LogP contribution in [0.25, 0.3) is 0 Å². The maximum absolute atomic E-state index is 12.3. The Morgan fingerprint density at radius 1 is 1.19 bits per heavy atom. The number of carbonyl (C=O) groups excluding carboxylic acids is 1. The number of rotatable bonds is 6. The van der Waals surface area contributed by atoms with Crippen molar-refractivity contribution < 1.29 is 13.2 Å². The average molecular weight is 380 g/mol. The van der Waals surface area contributed by atoms with Crippen molar-refractivity contribution in [3.8, 4) is 0 Å². The molecule has 26 heavy (non-hydrogen) atoms. The second-order valence-electron chi connectivity index (χ2n) is 7.62. The number of benzene rings is 1. The topological polar surface area (TPSA) is 87.3 Å². The van der Waals surface area contributed by atoms with Gasteiger partial charge in [0, 0.05) is 24.8 Å². The van der Waals surface area contributed by atoms with Gasteiger partial charge >= 0.3 is 0 Å². The van der Waals surface area contributed by atoms with Gasteiger partial charge in [0.1, 0.15) is 0 Å². The first-order valence-corrected chi connectivity index (χ1v) is 11.3. The van der Waals surface area contributed by atoms with Gasteiger partial charge < -0.3 is 5.32 Å². The molecule has 0 spiro atoms. The number of hydrazine groups is 1. The van der Waals surface area contributed by atoms with E-state index in [0.29, 0.717) is 29.3 Å². The van der Waals surface area contributed by atoms with Gasteiger partial charge in [-0.2, -0.15) is 0 Å². The number of nitrogens with one attached hydrogen (secondary N) is 3. The SMILES string of the molecule is CC(NC(=O)CCC1NNC2CCCCC21)c1ccc(S(C)(=O)=O)cc1. The van der Waals surface area contributed by atoms with E-state index in [-0.39, 0.29) is 11.9 Å². The first kappa shape index (κ1) is 19.3. The lowest BCUT2D eigenvalue weighted by Crippen LogP contribution is -2.34. The third-order valence-electron chi connectivity index (χ3n) is 5.66. The highest BCUT2D eigenvalue weighted by atomic mass is 32.2. The number of hydrogen-bond donors (Lipinski definition) is 3. The van der Waals surface area contributed by atoms with Gasteiger partial charge in [0.25, 0.3) is 0 Å². The quantitative estimate of drug-likeness (QED) is 0.704. The molecule has 4 unspecified atom stereocenters. The Hall–Kier alpha value is -1.44. The molecule has 1 amide bonds. The van der Waals surface area contributed by atoms with Crippen LogP contribution in [0.1, 0.15) is 57.1 Å². The maximum Gasteiger partial charge on any atom is 0.220 e. The molecule has 144 valence electrons. The van der Waals surface area contributed by atoms with Gasteiger partial charge in [0.15, 0.2) is 9.84 Å². The summed E-state index contributed by atoms with van der Waals surface area (Å²) in [5, 5.41) is 3.01. The van der Waals surface area contributed by atoms with Crippen LogP contribution in [0.5, 0.6) is 0 Å². The zero-order valence-corrected chi connectivity index (χ0v) is 16.3. The lowest BCUT2D eigenvalue weighted by Gasteiger charge is -2.27. The van der Waals surface area contributed by atoms with Gasteiger partial charge in [-0.3, -0.25) is 15.6 Å². The number of amides is 1. The predicted octanol–water partition coefficient (Wildman–Crippen LogP) is 2.08. The molecule has 3 rings (SSSR count). The molecule has 3 N–H and O–H groups in total. The minimum atomic E-state index is -3.20. The maximum atomic E-state index is 12.3. The lowest BCUT2D eigenvalue weighted by molar-refractivity contribution is -0.122. The van der Waals surface area contributed by atoms with E-state index in [1.807, 2.05) is 6.92 Å². The summed E-state index contributed by atoms with van der Waals surface area (Å²) in [5.74, 6) is 0.670. The van der Waals surface area contributed by atoms with E-state index in [4.69, 9.17) is 0 Å². The highest BCUT2D eigenvalue weighted by Crippen LogP contribution is 2.31. The molecule has 1 aliphatic carbocycles. The Labute approximate surface area is 156 Å². The van der Waals surface area contributed by atoms with E-state index in [1.54, 1.807) is 24.3 Å². The van der Waals surface area contributed by atoms with E-state index in [1.165, 1.54) is 31.9 Å². The minimum Gasteiger partial charge on any atom is -0.350 e. The Morgan fingerprint density at radius 3 is 2.58 bits per heavy atom. The summed E-state index contributed by atoms with van der Waals surface area (Å²) in [4.78, 5) is 12.6. The number of fused-ring (bicyclic) bond motifs is 1. The predicted molar refractivity (Wildman–Crippen MR) is 101 cm³/mol. The van der Waals surface area contributed by atoms with Crippen LogP contribution >= 0.6 is 0 Å². The number of sulfone groups is 1. The van der Waals surface area contributed by atoms with E-state index in [9.17, 15) is 13.2 Å². The minimum absolute atomic E-state index is 0.0331. The van der Waals surface area contributed by atoms with Crippen LogP contribution in [-0.4, -0.2) is 32.7 Å². The summed E-state index contributed by atoms with van der Waals surface area (Å²) in [7, 11) is -3.20. The Morgan fingerprint density at radius 2 is 1.88 bits per heavy atom. The molecule has 2 aliphatic rings. The monoisotopic (exact) mass is 379 g/mol. The van der Waals surface area contributed by atoms with Crippen molar-refractivity contribution in [2.24, 2.45) is 5.92 Å². The highest BCUT2D eigenvalue weighted by molar-refractivity contribution is 7.90. The Bertz CT molecular complexity index is 733. The Kier molecular flexibility index (Phi) is 5.99. The van der Waals surface area contributed by atoms with E-state index >= 15 is 0 Å². The average Bonchev–Trinajstić information content (AvgIpc) is 3.02. The molecular formula is C19H29N3O3S. The van der Waals surface area contributed by atoms with Crippen LogP contribution < -0.4 is 16.2 Å². The molecule has 4 atom stereocenters. The van der Waals surface area contributed by atoms with Gasteiger partial charge in [-0.25, -0.2) is 8.42 Å². The molecule has 1 aromatic rings. The zero-order valence-electron chi connectivity index (χ0n) is 15.5. The van der Waals surface area contributed by atoms with Gasteiger partial charge in [-0.05, 0) is 49.8 Å². The van der Waals surface area contributed by atoms with Crippen LogP contribution in [0, 0.1) is 5.92 Å². The van der Waals surface area contributed by atoms with Gasteiger partial charge in [-0.1, -0.05) is 25.0 Å². The van der Waals surface area contributed by atoms with Crippen molar-refractivity contribution in [1.29, 1.82) is 0 Å². The summed E-state index contributed by atoms with van der Waals surface area (Å²) < 4.78 is 23.0. The van der Waals surface area contributed by atoms with Gasteiger partial charge in [0.05, 0.1) is 10.9 Å². The summed E-state index contributed by atoms with van der Waals surface area (Å²) in [6.45, 7) is 1.92. The standard InChI is InChI=1S/C19H29N3O3S/c1-13(14-7-9-15(10-8-14)26(2,24)25)20-19(23)12-11-18-16-5-3-4-6-17(16)21-22-18/h7-10,13,16-18,21-22H,3-6,11-12H2,1-2H3,(H,20,23). The van der Waals surface area contributed by atoms with Crippen LogP contribution in [-0.2, 0) is 14.6 Å². The summed E-state index contributed by atoms with van der Waals surface area (Å²) >= 11 is 0. The molecule has 1 saturated heterocycles. The smallest absolute Gasteiger partial charge is 0.220 e. The van der Waals surface area contributed by atoms with Crippen LogP contribution in [0.3, 0.4) is 0 Å². The number of hydrogen-bond acceptors (Lipinski definition) is 5. The fraction of sp³-hybridized carbons (Fsp3) is 0.632. The molecule has 1 saturated carbocycles. The van der Waals surface area contributed by atoms with E-state index in [0.717, 1.165) is 12.0 Å². The van der Waals surface area contributed by atoms with Crippen LogP contribution in [0.4, 0.5) is 0 Å². The fourth-order valence-electron chi connectivity index (χ4n) is 4.11. The third-order valence-corrected chi connectivity index (χ3v) is 6.79. The fourth-order valence-corrected chi connectivity index (χ4v) is 4.75. The van der Waals surface area contributed by atoms with Crippen molar-refractivity contribution in [3.05, 3.63) is 29.8 Å². The summed E-state index contributed by atoms with van der Waals surface area (Å²) in [6, 6.07) is 7.48. The van der Waals surface area contributed by atoms with Crippen molar-refractivity contribution >= 4 is 15.7 Å². The first-order valence-electron chi connectivity index (χ1n) is 9.45. The molecule has 2 fully saturated rings. The van der Waals surface area contributed by atoms with Gasteiger partial charge in [-0.15, -0.1) is 0 Å². The molecule has 1 aromatic carbocycles. The Balaban J connectivity index is 1.48. The van der Waals surface area contributed by atoms with Crippen LogP contribution in [0.15, 0.2) is 29.2 Å². The van der Waals surface area contributed by atoms with E-state index in [2.05, 4.69) is 16.2 Å². The number of carbonyl (C=O) groups is 1. The second-order valence-corrected chi connectivity index (χ2v) is 9.63. The van der Waals surface area contributed by atoms with Crippen molar-refractivity contribution in [3.63, 3.8) is 0 Å². The van der Waals surface area contributed by atoms with Gasteiger partial charge in [0.2, 0.25) is 5.91 Å². The molecule has 0 aromatic heterocycles. The molecule has 0 bridgehead atoms. The van der Waals surface area contributed by atoms with Crippen molar-refractivity contribution in [2.75, 3.05) is 6.26 Å². The first-order chi connectivity index (χ1) is 12.3. The second kappa shape index (κ2) is 8.06. The molecule has 1 aliphatic heterocycles. The molecule has 1 heterocycles. The third kappa shape index (κ3) is 4.64. The summed E-state index contributed by atoms with van der Waals surface area (Å²) in [5.41, 5.74) is 7.66. The highest BCUT2D eigenvalue weighted by Gasteiger charge is 2.36. The normalized spacial score (nSPS) is 26.9. The largest absolute Gasteiger partial charge is 0.350 e. The molecular weight excluding hydrogens is 350 g/mol. The molecule has 6 nitrogen and oxygen atoms in total. The molecule has 7 heteroatoms. The van der Waals surface area contributed by atoms with Crippen molar-refractivity contribution in [2.45, 2.75) is 68.5 Å². The molecule has 0 radical (unpaired) electrons. The van der Waals surface area contributed by atoms with E-state index < -0.39 is 9.84 Å². The van der Waals surface area contributed by atoms with Crippen LogP contribution in [0.2, 0.25) is 0 Å². The summed E-state index contributed by atoms with van der Waals surface area (Å²) in [6.07, 6.45) is 7.55.